The van der Waals surface area contributed by atoms with Crippen molar-refractivity contribution in [3.05, 3.63) is 48.0 Å². The van der Waals surface area contributed by atoms with Crippen LogP contribution in [-0.4, -0.2) is 22.2 Å². The van der Waals surface area contributed by atoms with Crippen LogP contribution in [0.5, 0.6) is 0 Å². The quantitative estimate of drug-likeness (QED) is 0.795. The number of hydrogen-bond acceptors (Lipinski definition) is 3. The maximum atomic E-state index is 11.6. The summed E-state index contributed by atoms with van der Waals surface area (Å²) in [6.07, 6.45) is -0.108. The molecule has 2 aromatic rings. The van der Waals surface area contributed by atoms with E-state index in [-0.39, 0.29) is 19.3 Å². The summed E-state index contributed by atoms with van der Waals surface area (Å²) in [5, 5.41) is 30.4. The van der Waals surface area contributed by atoms with Gasteiger partial charge in [0.05, 0.1) is 16.9 Å². The van der Waals surface area contributed by atoms with E-state index >= 15 is 0 Å². The maximum Gasteiger partial charge on any atom is 0.309 e. The van der Waals surface area contributed by atoms with Crippen molar-refractivity contribution in [3.63, 3.8) is 0 Å². The Hall–Kier alpha value is -2.87. The van der Waals surface area contributed by atoms with Crippen LogP contribution in [0.1, 0.15) is 38.7 Å². The molecule has 25 heavy (non-hydrogen) atoms. The number of nitriles is 1. The van der Waals surface area contributed by atoms with E-state index < -0.39 is 22.8 Å². The summed E-state index contributed by atoms with van der Waals surface area (Å²) < 4.78 is 0. The van der Waals surface area contributed by atoms with E-state index in [0.29, 0.717) is 5.56 Å². The molecule has 0 saturated heterocycles. The van der Waals surface area contributed by atoms with Gasteiger partial charge in [0.1, 0.15) is 0 Å². The van der Waals surface area contributed by atoms with Gasteiger partial charge in [0.15, 0.2) is 0 Å². The van der Waals surface area contributed by atoms with E-state index in [9.17, 15) is 20.0 Å². The average Bonchev–Trinajstić information content (AvgIpc) is 2.58. The number of carbonyl (C=O) groups is 2. The van der Waals surface area contributed by atoms with Crippen molar-refractivity contribution in [1.29, 1.82) is 5.26 Å². The van der Waals surface area contributed by atoms with Crippen LogP contribution >= 0.6 is 0 Å². The molecular weight excluding hydrogens is 318 g/mol. The molecule has 0 bridgehead atoms. The smallest absolute Gasteiger partial charge is 0.309 e. The Kier molecular flexibility index (Phi) is 5.13. The summed E-state index contributed by atoms with van der Waals surface area (Å²) in [6.45, 7) is 3.13. The van der Waals surface area contributed by atoms with Crippen molar-refractivity contribution in [3.8, 4) is 6.07 Å². The Bertz CT molecular complexity index is 845. The van der Waals surface area contributed by atoms with Crippen molar-refractivity contribution >= 4 is 22.7 Å². The molecule has 2 rings (SSSR count). The van der Waals surface area contributed by atoms with Crippen molar-refractivity contribution in [2.75, 3.05) is 0 Å². The highest BCUT2D eigenvalue weighted by atomic mass is 16.4. The van der Waals surface area contributed by atoms with Crippen LogP contribution in [0.15, 0.2) is 42.5 Å². The van der Waals surface area contributed by atoms with Gasteiger partial charge in [0.25, 0.3) is 0 Å². The number of nitrogens with zero attached hydrogens (tertiary/aromatic N) is 1. The van der Waals surface area contributed by atoms with Crippen molar-refractivity contribution < 1.29 is 19.8 Å². The number of carboxylic acid groups (broad SMARTS) is 2. The Labute approximate surface area is 146 Å². The molecule has 0 saturated carbocycles. The Morgan fingerprint density at radius 1 is 1.08 bits per heavy atom. The molecule has 0 aliphatic carbocycles. The summed E-state index contributed by atoms with van der Waals surface area (Å²) in [4.78, 5) is 22.8. The Balaban J connectivity index is 2.66. The van der Waals surface area contributed by atoms with Gasteiger partial charge in [-0.3, -0.25) is 9.59 Å². The first-order valence-corrected chi connectivity index (χ1v) is 8.06. The summed E-state index contributed by atoms with van der Waals surface area (Å²) in [5.41, 5.74) is -1.67. The van der Waals surface area contributed by atoms with Gasteiger partial charge in [-0.15, -0.1) is 0 Å². The first kappa shape index (κ1) is 18.5. The first-order valence-electron chi connectivity index (χ1n) is 8.06. The second kappa shape index (κ2) is 6.94. The fourth-order valence-electron chi connectivity index (χ4n) is 3.27. The maximum absolute atomic E-state index is 11.6. The number of benzene rings is 2. The van der Waals surface area contributed by atoms with Gasteiger partial charge in [-0.25, -0.2) is 0 Å². The Morgan fingerprint density at radius 3 is 2.32 bits per heavy atom. The molecule has 0 radical (unpaired) electrons. The summed E-state index contributed by atoms with van der Waals surface area (Å²) in [5.74, 6) is -2.02. The van der Waals surface area contributed by atoms with Crippen LogP contribution in [0.25, 0.3) is 10.8 Å². The SMILES string of the molecule is CC(C)(CC(C#N)(CCC(=O)O)c1cccc2ccccc12)C(=O)O. The zero-order chi connectivity index (χ0) is 18.7. The molecule has 130 valence electrons. The van der Waals surface area contributed by atoms with E-state index in [1.165, 1.54) is 0 Å². The van der Waals surface area contributed by atoms with Gasteiger partial charge in [-0.2, -0.15) is 5.26 Å². The molecule has 0 aliphatic heterocycles. The molecule has 0 aromatic heterocycles. The molecule has 2 aromatic carbocycles. The molecule has 0 amide bonds. The van der Waals surface area contributed by atoms with Gasteiger partial charge in [-0.1, -0.05) is 42.5 Å². The monoisotopic (exact) mass is 339 g/mol. The number of fused-ring (bicyclic) bond motifs is 1. The molecule has 0 aliphatic rings. The number of aliphatic carboxylic acids is 2. The molecular formula is C20H21NO4. The largest absolute Gasteiger partial charge is 0.481 e. The molecule has 5 heteroatoms. The van der Waals surface area contributed by atoms with E-state index in [4.69, 9.17) is 5.11 Å². The van der Waals surface area contributed by atoms with Crippen molar-refractivity contribution in [2.24, 2.45) is 5.41 Å². The minimum Gasteiger partial charge on any atom is -0.481 e. The standard InChI is InChI=1S/C20H21NO4/c1-19(2,18(24)25)12-20(13-21,11-10-17(22)23)16-9-5-7-14-6-3-4-8-15(14)16/h3-9H,10-12H2,1-2H3,(H,22,23)(H,24,25). The molecule has 1 unspecified atom stereocenters. The highest BCUT2D eigenvalue weighted by Crippen LogP contribution is 2.43. The zero-order valence-electron chi connectivity index (χ0n) is 14.3. The summed E-state index contributed by atoms with van der Waals surface area (Å²) >= 11 is 0. The van der Waals surface area contributed by atoms with E-state index in [1.807, 2.05) is 36.4 Å². The molecule has 1 atom stereocenters. The van der Waals surface area contributed by atoms with Gasteiger partial charge < -0.3 is 10.2 Å². The average molecular weight is 339 g/mol. The van der Waals surface area contributed by atoms with Gasteiger partial charge in [-0.05, 0) is 43.0 Å². The number of hydrogen-bond donors (Lipinski definition) is 2. The van der Waals surface area contributed by atoms with Gasteiger partial charge in [0, 0.05) is 6.42 Å². The van der Waals surface area contributed by atoms with E-state index in [0.717, 1.165) is 10.8 Å². The second-order valence-electron chi connectivity index (χ2n) is 6.98. The highest BCUT2D eigenvalue weighted by Gasteiger charge is 2.42. The van der Waals surface area contributed by atoms with Crippen LogP contribution in [0.3, 0.4) is 0 Å². The fourth-order valence-corrected chi connectivity index (χ4v) is 3.27. The fraction of sp³-hybridized carbons (Fsp3) is 0.350. The third-order valence-electron chi connectivity index (χ3n) is 4.61. The van der Waals surface area contributed by atoms with E-state index in [1.54, 1.807) is 19.9 Å². The lowest BCUT2D eigenvalue weighted by Gasteiger charge is -2.34. The summed E-state index contributed by atoms with van der Waals surface area (Å²) in [7, 11) is 0. The van der Waals surface area contributed by atoms with Gasteiger partial charge in [0.2, 0.25) is 0 Å². The normalized spacial score (nSPS) is 13.8. The molecule has 0 heterocycles. The van der Waals surface area contributed by atoms with Crippen LogP contribution in [0.2, 0.25) is 0 Å². The van der Waals surface area contributed by atoms with Crippen LogP contribution in [0, 0.1) is 16.7 Å². The van der Waals surface area contributed by atoms with Crippen LogP contribution < -0.4 is 0 Å². The second-order valence-corrected chi connectivity index (χ2v) is 6.98. The lowest BCUT2D eigenvalue weighted by atomic mass is 9.66. The lowest BCUT2D eigenvalue weighted by molar-refractivity contribution is -0.147. The highest BCUT2D eigenvalue weighted by molar-refractivity contribution is 5.87. The number of carboxylic acids is 2. The van der Waals surface area contributed by atoms with E-state index in [2.05, 4.69) is 6.07 Å². The topological polar surface area (TPSA) is 98.4 Å². The predicted molar refractivity (Wildman–Crippen MR) is 94.1 cm³/mol. The predicted octanol–water partition coefficient (Wildman–Crippen LogP) is 3.97. The molecule has 0 fully saturated rings. The van der Waals surface area contributed by atoms with Crippen molar-refractivity contribution in [1.82, 2.24) is 0 Å². The molecule has 5 nitrogen and oxygen atoms in total. The van der Waals surface area contributed by atoms with Crippen LogP contribution in [0.4, 0.5) is 0 Å². The zero-order valence-corrected chi connectivity index (χ0v) is 14.3. The lowest BCUT2D eigenvalue weighted by Crippen LogP contribution is -2.36. The molecule has 2 N–H and O–H groups in total. The Morgan fingerprint density at radius 2 is 1.72 bits per heavy atom. The first-order chi connectivity index (χ1) is 11.7. The van der Waals surface area contributed by atoms with Crippen molar-refractivity contribution in [2.45, 2.75) is 38.5 Å². The number of rotatable bonds is 7. The minimum atomic E-state index is -1.19. The third-order valence-corrected chi connectivity index (χ3v) is 4.61. The third kappa shape index (κ3) is 3.80. The van der Waals surface area contributed by atoms with Crippen LogP contribution in [-0.2, 0) is 15.0 Å². The molecule has 0 spiro atoms. The minimum absolute atomic E-state index is 0.0348. The summed E-state index contributed by atoms with van der Waals surface area (Å²) in [6, 6.07) is 15.3. The van der Waals surface area contributed by atoms with Gasteiger partial charge >= 0.3 is 11.9 Å².